The minimum Gasteiger partial charge on any atom is -0.374 e. The second kappa shape index (κ2) is 6.53. The summed E-state index contributed by atoms with van der Waals surface area (Å²) in [5, 5.41) is 3.38. The van der Waals surface area contributed by atoms with E-state index in [2.05, 4.69) is 17.4 Å². The lowest BCUT2D eigenvalue weighted by Crippen LogP contribution is -2.69. The van der Waals surface area contributed by atoms with E-state index in [4.69, 9.17) is 4.74 Å². The molecule has 2 amide bonds. The lowest BCUT2D eigenvalue weighted by molar-refractivity contribution is -0.158. The third-order valence-corrected chi connectivity index (χ3v) is 5.12. The van der Waals surface area contributed by atoms with Crippen molar-refractivity contribution in [3.63, 3.8) is 0 Å². The van der Waals surface area contributed by atoms with Crippen molar-refractivity contribution < 1.29 is 14.3 Å². The highest BCUT2D eigenvalue weighted by Crippen LogP contribution is 2.21. The average molecular weight is 329 g/mol. The minimum absolute atomic E-state index is 0.0469. The Morgan fingerprint density at radius 3 is 2.42 bits per heavy atom. The van der Waals surface area contributed by atoms with Gasteiger partial charge in [-0.1, -0.05) is 30.3 Å². The van der Waals surface area contributed by atoms with E-state index >= 15 is 0 Å². The van der Waals surface area contributed by atoms with Crippen molar-refractivity contribution in [1.82, 2.24) is 15.1 Å². The van der Waals surface area contributed by atoms with Crippen LogP contribution in [0.15, 0.2) is 30.3 Å². The van der Waals surface area contributed by atoms with Crippen molar-refractivity contribution in [2.45, 2.75) is 31.0 Å². The van der Waals surface area contributed by atoms with Crippen molar-refractivity contribution in [1.29, 1.82) is 0 Å². The molecule has 4 heterocycles. The number of nitrogens with zero attached hydrogens (tertiary/aromatic N) is 2. The Morgan fingerprint density at radius 1 is 1.04 bits per heavy atom. The van der Waals surface area contributed by atoms with Gasteiger partial charge in [0.1, 0.15) is 0 Å². The molecule has 6 nitrogen and oxygen atoms in total. The summed E-state index contributed by atoms with van der Waals surface area (Å²) in [5.41, 5.74) is 1.19. The summed E-state index contributed by atoms with van der Waals surface area (Å²) < 4.78 is 5.78. The number of carbonyl (C=O) groups is 2. The first-order chi connectivity index (χ1) is 11.7. The summed E-state index contributed by atoms with van der Waals surface area (Å²) >= 11 is 0. The number of benzene rings is 1. The molecule has 1 aromatic rings. The molecule has 2 bridgehead atoms. The molecule has 0 radical (unpaired) electrons. The molecule has 128 valence electrons. The Kier molecular flexibility index (Phi) is 4.24. The minimum atomic E-state index is -0.377. The molecule has 1 N–H and O–H groups in total. The van der Waals surface area contributed by atoms with E-state index in [1.165, 1.54) is 5.56 Å². The molecule has 3 unspecified atom stereocenters. The number of rotatable bonds is 2. The molecular weight excluding hydrogens is 306 g/mol. The van der Waals surface area contributed by atoms with Gasteiger partial charge in [-0.15, -0.1) is 0 Å². The van der Waals surface area contributed by atoms with Gasteiger partial charge in [0, 0.05) is 44.7 Å². The molecule has 4 aliphatic heterocycles. The van der Waals surface area contributed by atoms with E-state index in [1.54, 1.807) is 9.80 Å². The molecule has 24 heavy (non-hydrogen) atoms. The number of amides is 2. The van der Waals surface area contributed by atoms with Gasteiger partial charge in [-0.05, 0) is 12.0 Å². The number of fused-ring (bicyclic) bond motifs is 2. The highest BCUT2D eigenvalue weighted by Gasteiger charge is 2.41. The van der Waals surface area contributed by atoms with E-state index in [9.17, 15) is 9.59 Å². The molecule has 6 heteroatoms. The maximum Gasteiger partial charge on any atom is 0.312 e. The van der Waals surface area contributed by atoms with E-state index in [1.807, 2.05) is 18.2 Å². The molecule has 4 aliphatic rings. The summed E-state index contributed by atoms with van der Waals surface area (Å²) in [6.45, 7) is 2.77. The lowest BCUT2D eigenvalue weighted by Gasteiger charge is -2.48. The number of morpholine rings is 1. The largest absolute Gasteiger partial charge is 0.374 e. The summed E-state index contributed by atoms with van der Waals surface area (Å²) in [7, 11) is 0. The molecule has 5 rings (SSSR count). The number of piperazine rings is 1. The molecule has 1 aromatic carbocycles. The molecule has 4 saturated heterocycles. The smallest absolute Gasteiger partial charge is 0.312 e. The van der Waals surface area contributed by atoms with Crippen LogP contribution in [0.3, 0.4) is 0 Å². The van der Waals surface area contributed by atoms with Gasteiger partial charge in [0.2, 0.25) is 0 Å². The van der Waals surface area contributed by atoms with Crippen LogP contribution in [0.4, 0.5) is 0 Å². The molecule has 3 atom stereocenters. The zero-order valence-corrected chi connectivity index (χ0v) is 13.7. The van der Waals surface area contributed by atoms with Gasteiger partial charge < -0.3 is 19.9 Å². The van der Waals surface area contributed by atoms with Gasteiger partial charge in [0.25, 0.3) is 0 Å². The van der Waals surface area contributed by atoms with Crippen molar-refractivity contribution in [3.05, 3.63) is 35.9 Å². The van der Waals surface area contributed by atoms with Crippen molar-refractivity contribution in [3.8, 4) is 0 Å². The molecular formula is C18H23N3O3. The Balaban J connectivity index is 1.35. The maximum atomic E-state index is 12.6. The van der Waals surface area contributed by atoms with Crippen LogP contribution in [0.2, 0.25) is 0 Å². The fourth-order valence-corrected chi connectivity index (χ4v) is 3.85. The predicted molar refractivity (Wildman–Crippen MR) is 88.4 cm³/mol. The Bertz CT molecular complexity index is 605. The molecule has 0 aromatic heterocycles. The quantitative estimate of drug-likeness (QED) is 0.778. The molecule has 0 aliphatic carbocycles. The Hall–Kier alpha value is -1.92. The van der Waals surface area contributed by atoms with Gasteiger partial charge >= 0.3 is 11.8 Å². The predicted octanol–water partition coefficient (Wildman–Crippen LogP) is 0.0292. The van der Waals surface area contributed by atoms with Gasteiger partial charge in [0.15, 0.2) is 0 Å². The number of hydrogen-bond donors (Lipinski definition) is 1. The Labute approximate surface area is 141 Å². The average Bonchev–Trinajstić information content (AvgIpc) is 2.61. The van der Waals surface area contributed by atoms with Crippen molar-refractivity contribution in [2.24, 2.45) is 0 Å². The van der Waals surface area contributed by atoms with Crippen LogP contribution >= 0.6 is 0 Å². The molecule has 0 saturated carbocycles. The highest BCUT2D eigenvalue weighted by molar-refractivity contribution is 6.35. The van der Waals surface area contributed by atoms with Gasteiger partial charge in [-0.25, -0.2) is 0 Å². The van der Waals surface area contributed by atoms with Crippen LogP contribution in [0.1, 0.15) is 12.0 Å². The summed E-state index contributed by atoms with van der Waals surface area (Å²) in [4.78, 5) is 28.4. The number of hydrogen-bond acceptors (Lipinski definition) is 4. The van der Waals surface area contributed by atoms with Gasteiger partial charge in [-0.3, -0.25) is 9.59 Å². The van der Waals surface area contributed by atoms with E-state index in [-0.39, 0.29) is 17.9 Å². The first kappa shape index (κ1) is 15.6. The summed E-state index contributed by atoms with van der Waals surface area (Å²) in [5.74, 6) is -0.732. The number of ether oxygens (including phenoxy) is 1. The van der Waals surface area contributed by atoms with Crippen LogP contribution in [-0.2, 0) is 20.7 Å². The van der Waals surface area contributed by atoms with Crippen LogP contribution < -0.4 is 5.32 Å². The van der Waals surface area contributed by atoms with Crippen molar-refractivity contribution in [2.75, 3.05) is 32.8 Å². The van der Waals surface area contributed by atoms with Gasteiger partial charge in [-0.2, -0.15) is 0 Å². The Morgan fingerprint density at radius 2 is 1.71 bits per heavy atom. The van der Waals surface area contributed by atoms with E-state index in [0.717, 1.165) is 12.8 Å². The molecule has 4 fully saturated rings. The fraction of sp³-hybridized carbons (Fsp3) is 0.556. The zero-order chi connectivity index (χ0) is 16.5. The van der Waals surface area contributed by atoms with Crippen LogP contribution in [0.25, 0.3) is 0 Å². The third kappa shape index (κ3) is 3.16. The summed E-state index contributed by atoms with van der Waals surface area (Å²) in [6, 6.07) is 10.8. The fourth-order valence-electron chi connectivity index (χ4n) is 3.85. The SMILES string of the molecule is O=C(C(=O)N1CCOC(Cc2ccccc2)C1)N1CC2CC(C1)N2. The highest BCUT2D eigenvalue weighted by atomic mass is 16.5. The standard InChI is InChI=1S/C18H23N3O3/c22-17(18(23)21-10-14-9-15(11-21)19-14)20-6-7-24-16(12-20)8-13-4-2-1-3-5-13/h1-5,14-16,19H,6-12H2. The van der Waals surface area contributed by atoms with Crippen LogP contribution in [-0.4, -0.2) is 72.6 Å². The number of piperidine rings is 1. The third-order valence-electron chi connectivity index (χ3n) is 5.12. The summed E-state index contributed by atoms with van der Waals surface area (Å²) in [6.07, 6.45) is 1.83. The second-order valence-electron chi connectivity index (χ2n) is 6.94. The monoisotopic (exact) mass is 329 g/mol. The maximum absolute atomic E-state index is 12.6. The van der Waals surface area contributed by atoms with Crippen LogP contribution in [0, 0.1) is 0 Å². The van der Waals surface area contributed by atoms with E-state index < -0.39 is 0 Å². The number of carbonyl (C=O) groups excluding carboxylic acids is 2. The van der Waals surface area contributed by atoms with Crippen molar-refractivity contribution >= 4 is 11.8 Å². The number of nitrogens with one attached hydrogen (secondary N) is 1. The second-order valence-corrected chi connectivity index (χ2v) is 6.94. The first-order valence-electron chi connectivity index (χ1n) is 8.69. The van der Waals surface area contributed by atoms with Gasteiger partial charge in [0.05, 0.1) is 12.7 Å². The first-order valence-corrected chi connectivity index (χ1v) is 8.69. The topological polar surface area (TPSA) is 61.9 Å². The van der Waals surface area contributed by atoms with E-state index in [0.29, 0.717) is 44.9 Å². The lowest BCUT2D eigenvalue weighted by atomic mass is 9.91. The molecule has 0 spiro atoms. The van der Waals surface area contributed by atoms with Crippen LogP contribution in [0.5, 0.6) is 0 Å². The normalized spacial score (nSPS) is 29.1. The zero-order valence-electron chi connectivity index (χ0n) is 13.7.